The lowest BCUT2D eigenvalue weighted by molar-refractivity contribution is -0.119. The van der Waals surface area contributed by atoms with Gasteiger partial charge in [-0.25, -0.2) is 18.2 Å². The van der Waals surface area contributed by atoms with Crippen molar-refractivity contribution < 1.29 is 13.2 Å². The van der Waals surface area contributed by atoms with Gasteiger partial charge in [0.1, 0.15) is 6.04 Å². The highest BCUT2D eigenvalue weighted by Crippen LogP contribution is 2.31. The Hall–Kier alpha value is -3.30. The summed E-state index contributed by atoms with van der Waals surface area (Å²) < 4.78 is 25.5. The summed E-state index contributed by atoms with van der Waals surface area (Å²) >= 11 is 0. The second kappa shape index (κ2) is 9.39. The molecule has 4 rings (SSSR count). The number of sulfonamides is 1. The van der Waals surface area contributed by atoms with Crippen molar-refractivity contribution in [1.82, 2.24) is 9.78 Å². The number of nitrogens with zero attached hydrogens (tertiary/aromatic N) is 2. The van der Waals surface area contributed by atoms with Crippen LogP contribution in [0.5, 0.6) is 0 Å². The van der Waals surface area contributed by atoms with E-state index >= 15 is 0 Å². The Morgan fingerprint density at radius 3 is 2.43 bits per heavy atom. The van der Waals surface area contributed by atoms with Crippen molar-refractivity contribution >= 4 is 21.6 Å². The molecule has 35 heavy (non-hydrogen) atoms. The molecule has 1 atom stereocenters. The maximum atomic E-state index is 13.4. The Kier molecular flexibility index (Phi) is 6.66. The minimum Gasteiger partial charge on any atom is -0.324 e. The van der Waals surface area contributed by atoms with Crippen LogP contribution in [0.4, 0.5) is 5.69 Å². The third kappa shape index (κ3) is 4.78. The number of fused-ring (bicyclic) bond motifs is 1. The van der Waals surface area contributed by atoms with Gasteiger partial charge in [0.2, 0.25) is 15.9 Å². The largest absolute Gasteiger partial charge is 0.324 e. The van der Waals surface area contributed by atoms with Gasteiger partial charge in [-0.05, 0) is 87.8 Å². The number of benzene rings is 2. The molecule has 0 unspecified atom stereocenters. The summed E-state index contributed by atoms with van der Waals surface area (Å²) in [5.74, 6) is -0.357. The minimum absolute atomic E-state index is 0.0137. The zero-order chi connectivity index (χ0) is 25.5. The molecule has 0 spiro atoms. The Bertz CT molecular complexity index is 1490. The molecule has 9 heteroatoms. The van der Waals surface area contributed by atoms with Crippen LogP contribution < -0.4 is 16.0 Å². The summed E-state index contributed by atoms with van der Waals surface area (Å²) in [6.45, 7) is 7.21. The molecule has 1 heterocycles. The lowest BCUT2D eigenvalue weighted by Gasteiger charge is -2.23. The van der Waals surface area contributed by atoms with E-state index in [1.807, 2.05) is 32.0 Å². The summed E-state index contributed by atoms with van der Waals surface area (Å²) in [6.07, 6.45) is 3.02. The van der Waals surface area contributed by atoms with E-state index in [1.165, 1.54) is 10.7 Å². The van der Waals surface area contributed by atoms with Gasteiger partial charge in [0.25, 0.3) is 5.56 Å². The quantitative estimate of drug-likeness (QED) is 0.561. The molecule has 1 aliphatic carbocycles. The molecule has 1 aromatic heterocycles. The number of rotatable bonds is 5. The van der Waals surface area contributed by atoms with E-state index in [0.717, 1.165) is 29.5 Å². The second-order valence-corrected chi connectivity index (χ2v) is 10.7. The van der Waals surface area contributed by atoms with Crippen LogP contribution >= 0.6 is 0 Å². The van der Waals surface area contributed by atoms with Crippen molar-refractivity contribution in [2.75, 3.05) is 5.32 Å². The summed E-state index contributed by atoms with van der Waals surface area (Å²) in [5, 5.41) is 13.0. The fraction of sp³-hybridized carbons (Fsp3) is 0.346. The number of carbonyl (C=O) groups excluding carboxylic acids is 1. The van der Waals surface area contributed by atoms with Crippen LogP contribution in [0.25, 0.3) is 11.3 Å². The van der Waals surface area contributed by atoms with Crippen molar-refractivity contribution in [3.8, 4) is 11.3 Å². The molecule has 0 radical (unpaired) electrons. The molecule has 8 nitrogen and oxygen atoms in total. The fourth-order valence-corrected chi connectivity index (χ4v) is 5.35. The predicted octanol–water partition coefficient (Wildman–Crippen LogP) is 3.56. The average Bonchev–Trinajstić information content (AvgIpc) is 2.82. The molecular weight excluding hydrogens is 464 g/mol. The molecule has 0 aliphatic heterocycles. The topological polar surface area (TPSA) is 124 Å². The third-order valence-electron chi connectivity index (χ3n) is 6.80. The lowest BCUT2D eigenvalue weighted by atomic mass is 9.89. The highest BCUT2D eigenvalue weighted by molar-refractivity contribution is 7.89. The molecule has 1 amide bonds. The van der Waals surface area contributed by atoms with Crippen LogP contribution in [-0.4, -0.2) is 24.1 Å². The van der Waals surface area contributed by atoms with Gasteiger partial charge in [-0.3, -0.25) is 9.59 Å². The molecule has 0 saturated heterocycles. The summed E-state index contributed by atoms with van der Waals surface area (Å²) in [7, 11) is -3.94. The number of primary sulfonamides is 1. The zero-order valence-electron chi connectivity index (χ0n) is 20.4. The molecule has 0 fully saturated rings. The number of hydrogen-bond donors (Lipinski definition) is 2. The standard InChI is InChI=1S/C26H30N4O4S/c1-15-8-7-11-22(17(15)3)28-25(31)18(4)30-26(32)21-10-6-5-9-20(21)24(29-30)19-13-12-16(2)23(14-19)35(27,33)34/h7-8,11-14,18H,5-6,9-10H2,1-4H3,(H,28,31)(H2,27,33,34)/t18-/m1/s1. The molecule has 2 aromatic carbocycles. The van der Waals surface area contributed by atoms with Gasteiger partial charge in [0.05, 0.1) is 10.6 Å². The van der Waals surface area contributed by atoms with E-state index in [0.29, 0.717) is 40.9 Å². The van der Waals surface area contributed by atoms with E-state index in [9.17, 15) is 18.0 Å². The Morgan fingerprint density at radius 2 is 1.74 bits per heavy atom. The van der Waals surface area contributed by atoms with Crippen molar-refractivity contribution in [3.63, 3.8) is 0 Å². The first-order valence-corrected chi connectivity index (χ1v) is 13.2. The first kappa shape index (κ1) is 24.8. The van der Waals surface area contributed by atoms with Gasteiger partial charge in [0.15, 0.2) is 0 Å². The van der Waals surface area contributed by atoms with E-state index in [1.54, 1.807) is 26.0 Å². The molecular formula is C26H30N4O4S. The SMILES string of the molecule is Cc1ccc(-c2nn([C@H](C)C(=O)Nc3cccc(C)c3C)c(=O)c3c2CCCC3)cc1S(N)(=O)=O. The fourth-order valence-electron chi connectivity index (χ4n) is 4.54. The van der Waals surface area contributed by atoms with E-state index < -0.39 is 16.1 Å². The van der Waals surface area contributed by atoms with Gasteiger partial charge in [0, 0.05) is 16.8 Å². The van der Waals surface area contributed by atoms with Crippen LogP contribution in [-0.2, 0) is 27.7 Å². The molecule has 1 aliphatic rings. The van der Waals surface area contributed by atoms with Gasteiger partial charge < -0.3 is 5.32 Å². The Balaban J connectivity index is 1.82. The number of anilines is 1. The highest BCUT2D eigenvalue weighted by Gasteiger charge is 2.26. The maximum Gasteiger partial charge on any atom is 0.271 e. The van der Waals surface area contributed by atoms with Crippen molar-refractivity contribution in [3.05, 3.63) is 74.6 Å². The smallest absolute Gasteiger partial charge is 0.271 e. The Morgan fingerprint density at radius 1 is 1.06 bits per heavy atom. The number of nitrogens with one attached hydrogen (secondary N) is 1. The minimum atomic E-state index is -3.94. The van der Waals surface area contributed by atoms with Gasteiger partial charge >= 0.3 is 0 Å². The van der Waals surface area contributed by atoms with E-state index in [2.05, 4.69) is 10.4 Å². The normalized spacial score (nSPS) is 14.3. The summed E-state index contributed by atoms with van der Waals surface area (Å²) in [4.78, 5) is 26.6. The van der Waals surface area contributed by atoms with Crippen LogP contribution in [0.1, 0.15) is 53.6 Å². The molecule has 184 valence electrons. The van der Waals surface area contributed by atoms with Crippen molar-refractivity contribution in [1.29, 1.82) is 0 Å². The first-order chi connectivity index (χ1) is 16.5. The predicted molar refractivity (Wildman–Crippen MR) is 136 cm³/mol. The summed E-state index contributed by atoms with van der Waals surface area (Å²) in [6, 6.07) is 9.73. The third-order valence-corrected chi connectivity index (χ3v) is 7.86. The van der Waals surface area contributed by atoms with Crippen LogP contribution in [0.15, 0.2) is 46.1 Å². The average molecular weight is 495 g/mol. The zero-order valence-corrected chi connectivity index (χ0v) is 21.2. The number of aryl methyl sites for hydroxylation is 2. The van der Waals surface area contributed by atoms with Crippen LogP contribution in [0.2, 0.25) is 0 Å². The first-order valence-electron chi connectivity index (χ1n) is 11.6. The number of aromatic nitrogens is 2. The second-order valence-electron chi connectivity index (χ2n) is 9.20. The number of carbonyl (C=O) groups is 1. The maximum absolute atomic E-state index is 13.4. The van der Waals surface area contributed by atoms with Crippen LogP contribution in [0, 0.1) is 20.8 Å². The van der Waals surface area contributed by atoms with Gasteiger partial charge in [-0.1, -0.05) is 24.3 Å². The number of hydrogen-bond acceptors (Lipinski definition) is 5. The van der Waals surface area contributed by atoms with Crippen molar-refractivity contribution in [2.24, 2.45) is 5.14 Å². The summed E-state index contributed by atoms with van der Waals surface area (Å²) in [5.41, 5.74) is 5.43. The molecule has 3 N–H and O–H groups in total. The van der Waals surface area contributed by atoms with E-state index in [-0.39, 0.29) is 16.4 Å². The Labute approximate surface area is 205 Å². The highest BCUT2D eigenvalue weighted by atomic mass is 32.2. The van der Waals surface area contributed by atoms with Crippen molar-refractivity contribution in [2.45, 2.75) is 64.3 Å². The molecule has 3 aromatic rings. The van der Waals surface area contributed by atoms with E-state index in [4.69, 9.17) is 5.14 Å². The van der Waals surface area contributed by atoms with Crippen LogP contribution in [0.3, 0.4) is 0 Å². The lowest BCUT2D eigenvalue weighted by Crippen LogP contribution is -2.37. The van der Waals surface area contributed by atoms with Gasteiger partial charge in [-0.15, -0.1) is 0 Å². The molecule has 0 saturated carbocycles. The number of amides is 1. The van der Waals surface area contributed by atoms with Gasteiger partial charge in [-0.2, -0.15) is 5.10 Å². The monoisotopic (exact) mass is 494 g/mol. The number of nitrogens with two attached hydrogens (primary N) is 1. The molecule has 0 bridgehead atoms.